The lowest BCUT2D eigenvalue weighted by Crippen LogP contribution is -1.84. The average molecular weight is 238 g/mol. The number of hydrogen-bond donors (Lipinski definition) is 0. The van der Waals surface area contributed by atoms with E-state index >= 15 is 0 Å². The van der Waals surface area contributed by atoms with E-state index in [2.05, 4.69) is 26.0 Å². The minimum absolute atomic E-state index is 0.743. The Hall–Kier alpha value is -2.14. The highest BCUT2D eigenvalue weighted by Crippen LogP contribution is 2.33. The van der Waals surface area contributed by atoms with Gasteiger partial charge < -0.3 is 0 Å². The maximum Gasteiger partial charge on any atom is 0.164 e. The van der Waals surface area contributed by atoms with E-state index in [9.17, 15) is 0 Å². The van der Waals surface area contributed by atoms with E-state index in [0.717, 1.165) is 26.6 Å². The monoisotopic (exact) mass is 238 g/mol. The van der Waals surface area contributed by atoms with Crippen molar-refractivity contribution >= 4 is 42.7 Å². The molecule has 4 heterocycles. The molecule has 4 aromatic rings. The first-order chi connectivity index (χ1) is 8.42. The summed E-state index contributed by atoms with van der Waals surface area (Å²) in [6.07, 6.45) is 6.99. The number of thiophene rings is 1. The second kappa shape index (κ2) is 3.18. The minimum Gasteiger partial charge on any atom is -0.264 e. The molecular weight excluding hydrogens is 232 g/mol. The lowest BCUT2D eigenvalue weighted by atomic mass is 10.2. The molecule has 0 saturated heterocycles. The number of aromatic nitrogens is 4. The van der Waals surface area contributed by atoms with Crippen molar-refractivity contribution < 1.29 is 0 Å². The van der Waals surface area contributed by atoms with Gasteiger partial charge in [-0.2, -0.15) is 0 Å². The van der Waals surface area contributed by atoms with Crippen molar-refractivity contribution in [1.29, 1.82) is 0 Å². The summed E-state index contributed by atoms with van der Waals surface area (Å²) in [6.45, 7) is 0. The van der Waals surface area contributed by atoms with E-state index in [-0.39, 0.29) is 0 Å². The van der Waals surface area contributed by atoms with Crippen LogP contribution in [0.2, 0.25) is 0 Å². The molecule has 80 valence electrons. The Balaban J connectivity index is 2.28. The van der Waals surface area contributed by atoms with Crippen LogP contribution in [0.4, 0.5) is 0 Å². The van der Waals surface area contributed by atoms with Crippen LogP contribution in [0.1, 0.15) is 0 Å². The van der Waals surface area contributed by atoms with Crippen LogP contribution in [0.5, 0.6) is 0 Å². The van der Waals surface area contributed by atoms with Crippen molar-refractivity contribution in [3.63, 3.8) is 0 Å². The van der Waals surface area contributed by atoms with Crippen molar-refractivity contribution in [2.75, 3.05) is 0 Å². The molecule has 0 aliphatic carbocycles. The van der Waals surface area contributed by atoms with Crippen LogP contribution in [0.25, 0.3) is 31.3 Å². The second-order valence-corrected chi connectivity index (χ2v) is 4.78. The summed E-state index contributed by atoms with van der Waals surface area (Å²) < 4.78 is 1.20. The van der Waals surface area contributed by atoms with Crippen LogP contribution in [0, 0.1) is 0 Å². The summed E-state index contributed by atoms with van der Waals surface area (Å²) in [5.41, 5.74) is 0.743. The van der Waals surface area contributed by atoms with Gasteiger partial charge in [0.1, 0.15) is 11.2 Å². The Morgan fingerprint density at radius 1 is 1.06 bits per heavy atom. The quantitative estimate of drug-likeness (QED) is 0.472. The van der Waals surface area contributed by atoms with Gasteiger partial charge in [-0.15, -0.1) is 11.3 Å². The molecular formula is C12H6N4S. The number of rotatable bonds is 0. The highest BCUT2D eigenvalue weighted by molar-refractivity contribution is 7.25. The van der Waals surface area contributed by atoms with Gasteiger partial charge in [-0.3, -0.25) is 4.98 Å². The van der Waals surface area contributed by atoms with E-state index < -0.39 is 0 Å². The van der Waals surface area contributed by atoms with E-state index in [1.807, 2.05) is 12.3 Å². The molecule has 0 bridgehead atoms. The summed E-state index contributed by atoms with van der Waals surface area (Å²) in [5.74, 6) is 0. The maximum atomic E-state index is 4.55. The molecule has 4 aromatic heterocycles. The van der Waals surface area contributed by atoms with Crippen molar-refractivity contribution in [3.05, 3.63) is 37.1 Å². The Bertz CT molecular complexity index is 847. The zero-order valence-corrected chi connectivity index (χ0v) is 9.48. The van der Waals surface area contributed by atoms with Gasteiger partial charge >= 0.3 is 0 Å². The molecule has 0 spiro atoms. The summed E-state index contributed by atoms with van der Waals surface area (Å²) in [5, 5.41) is 3.23. The Labute approximate surface area is 100.0 Å². The normalized spacial score (nSPS) is 11.5. The second-order valence-electron chi connectivity index (χ2n) is 3.75. The third-order valence-electron chi connectivity index (χ3n) is 2.73. The summed E-state index contributed by atoms with van der Waals surface area (Å²) in [4.78, 5) is 17.9. The van der Waals surface area contributed by atoms with Crippen LogP contribution in [-0.2, 0) is 0 Å². The summed E-state index contributed by atoms with van der Waals surface area (Å²) in [7, 11) is 0. The highest BCUT2D eigenvalue weighted by atomic mass is 32.1. The van der Waals surface area contributed by atoms with Crippen molar-refractivity contribution in [2.45, 2.75) is 0 Å². The van der Waals surface area contributed by atoms with Gasteiger partial charge in [0.2, 0.25) is 0 Å². The first-order valence-electron chi connectivity index (χ1n) is 5.15. The molecule has 0 unspecified atom stereocenters. The molecule has 0 N–H and O–H groups in total. The number of pyridine rings is 2. The standard InChI is InChI=1S/C12H6N4S/c1-2-13-5-9-8-3-7-4-14-6-15-11(7)16-12(8)17-10(1)9/h1-6H. The van der Waals surface area contributed by atoms with Crippen molar-refractivity contribution in [1.82, 2.24) is 19.9 Å². The zero-order valence-electron chi connectivity index (χ0n) is 8.66. The average Bonchev–Trinajstić information content (AvgIpc) is 2.73. The minimum atomic E-state index is 0.743. The fraction of sp³-hybridized carbons (Fsp3) is 0. The van der Waals surface area contributed by atoms with Crippen LogP contribution < -0.4 is 0 Å². The number of nitrogens with zero attached hydrogens (tertiary/aromatic N) is 4. The van der Waals surface area contributed by atoms with Gasteiger partial charge in [-0.1, -0.05) is 0 Å². The molecule has 4 nitrogen and oxygen atoms in total. The Morgan fingerprint density at radius 2 is 2.06 bits per heavy atom. The van der Waals surface area contributed by atoms with Crippen LogP contribution in [0.3, 0.4) is 0 Å². The van der Waals surface area contributed by atoms with E-state index in [0.29, 0.717) is 0 Å². The largest absolute Gasteiger partial charge is 0.264 e. The van der Waals surface area contributed by atoms with Crippen molar-refractivity contribution in [3.8, 4) is 0 Å². The van der Waals surface area contributed by atoms with Crippen LogP contribution in [-0.4, -0.2) is 19.9 Å². The molecule has 0 aliphatic rings. The molecule has 0 radical (unpaired) electrons. The van der Waals surface area contributed by atoms with E-state index in [4.69, 9.17) is 0 Å². The molecule has 0 aromatic carbocycles. The third-order valence-corrected chi connectivity index (χ3v) is 3.81. The van der Waals surface area contributed by atoms with Gasteiger partial charge in [0.05, 0.1) is 0 Å². The van der Waals surface area contributed by atoms with E-state index in [1.54, 1.807) is 23.7 Å². The predicted octanol–water partition coefficient (Wildman–Crippen LogP) is 2.79. The summed E-state index contributed by atoms with van der Waals surface area (Å²) in [6, 6.07) is 4.09. The van der Waals surface area contributed by atoms with E-state index in [1.165, 1.54) is 11.0 Å². The van der Waals surface area contributed by atoms with Gasteiger partial charge in [0.25, 0.3) is 0 Å². The van der Waals surface area contributed by atoms with Gasteiger partial charge in [0.15, 0.2) is 5.65 Å². The third kappa shape index (κ3) is 1.23. The first kappa shape index (κ1) is 8.95. The maximum absolute atomic E-state index is 4.55. The molecule has 0 saturated carbocycles. The zero-order chi connectivity index (χ0) is 11.2. The smallest absolute Gasteiger partial charge is 0.164 e. The summed E-state index contributed by atoms with van der Waals surface area (Å²) >= 11 is 1.66. The SMILES string of the molecule is c1cc2sc3nc4ncncc4cc3c2cn1. The first-order valence-corrected chi connectivity index (χ1v) is 5.96. The molecule has 5 heteroatoms. The fourth-order valence-corrected chi connectivity index (χ4v) is 2.97. The van der Waals surface area contributed by atoms with Crippen molar-refractivity contribution in [2.24, 2.45) is 0 Å². The molecule has 17 heavy (non-hydrogen) atoms. The van der Waals surface area contributed by atoms with Crippen LogP contribution >= 0.6 is 11.3 Å². The molecule has 0 atom stereocenters. The topological polar surface area (TPSA) is 51.6 Å². The number of hydrogen-bond acceptors (Lipinski definition) is 5. The molecule has 0 fully saturated rings. The Kier molecular flexibility index (Phi) is 1.67. The van der Waals surface area contributed by atoms with Gasteiger partial charge in [-0.05, 0) is 12.1 Å². The molecule has 4 rings (SSSR count). The lowest BCUT2D eigenvalue weighted by Gasteiger charge is -1.95. The molecule has 0 amide bonds. The lowest BCUT2D eigenvalue weighted by molar-refractivity contribution is 1.20. The fourth-order valence-electron chi connectivity index (χ4n) is 1.95. The molecule has 0 aliphatic heterocycles. The van der Waals surface area contributed by atoms with Crippen LogP contribution in [0.15, 0.2) is 37.1 Å². The highest BCUT2D eigenvalue weighted by Gasteiger charge is 2.07. The Morgan fingerprint density at radius 3 is 3.06 bits per heavy atom. The predicted molar refractivity (Wildman–Crippen MR) is 68.0 cm³/mol. The van der Waals surface area contributed by atoms with Gasteiger partial charge in [-0.25, -0.2) is 15.0 Å². The van der Waals surface area contributed by atoms with Gasteiger partial charge in [0, 0.05) is 39.4 Å². The number of fused-ring (bicyclic) bond motifs is 4.